The summed E-state index contributed by atoms with van der Waals surface area (Å²) in [6.45, 7) is 0. The summed E-state index contributed by atoms with van der Waals surface area (Å²) in [5, 5.41) is 2.43. The van der Waals surface area contributed by atoms with Gasteiger partial charge in [0.2, 0.25) is 0 Å². The Morgan fingerprint density at radius 2 is 0.645 bits per heavy atom. The quantitative estimate of drug-likeness (QED) is 0.141. The third-order valence-corrected chi connectivity index (χ3v) is 12.0. The fourth-order valence-electron chi connectivity index (χ4n) is 9.02. The molecule has 62 heavy (non-hydrogen) atoms. The van der Waals surface area contributed by atoms with Gasteiger partial charge in [-0.2, -0.15) is 0 Å². The molecule has 0 spiro atoms. The maximum Gasteiger partial charge on any atom is 0.0562 e. The van der Waals surface area contributed by atoms with E-state index in [1.54, 1.807) is 0 Å². The lowest BCUT2D eigenvalue weighted by atomic mass is 9.94. The summed E-state index contributed by atoms with van der Waals surface area (Å²) in [6.07, 6.45) is 0. The smallest absolute Gasteiger partial charge is 0.0562 e. The van der Waals surface area contributed by atoms with Gasteiger partial charge in [-0.15, -0.1) is 0 Å². The Morgan fingerprint density at radius 1 is 0.242 bits per heavy atom. The van der Waals surface area contributed by atoms with Gasteiger partial charge in [0.25, 0.3) is 0 Å². The molecule has 0 N–H and O–H groups in total. The molecule has 0 fully saturated rings. The second-order valence-corrected chi connectivity index (χ2v) is 15.7. The average molecular weight is 791 g/mol. The van der Waals surface area contributed by atoms with E-state index in [4.69, 9.17) is 0 Å². The van der Waals surface area contributed by atoms with Crippen LogP contribution >= 0.6 is 0 Å². The molecule has 11 rings (SSSR count). The number of hydrogen-bond acceptors (Lipinski definition) is 1. The van der Waals surface area contributed by atoms with Gasteiger partial charge in [0.15, 0.2) is 0 Å². The zero-order chi connectivity index (χ0) is 41.2. The summed E-state index contributed by atoms with van der Waals surface area (Å²) in [4.78, 5) is 2.39. The number of hydrogen-bond donors (Lipinski definition) is 0. The van der Waals surface area contributed by atoms with E-state index in [0.29, 0.717) is 0 Å². The molecule has 0 aliphatic carbocycles. The second kappa shape index (κ2) is 16.1. The van der Waals surface area contributed by atoms with Crippen LogP contribution in [-0.4, -0.2) is 4.57 Å². The van der Waals surface area contributed by atoms with Gasteiger partial charge in [-0.3, -0.25) is 0 Å². The molecule has 1 heterocycles. The molecule has 292 valence electrons. The molecule has 0 aliphatic heterocycles. The van der Waals surface area contributed by atoms with Crippen LogP contribution in [0.15, 0.2) is 255 Å². The van der Waals surface area contributed by atoms with Crippen LogP contribution in [0.5, 0.6) is 0 Å². The van der Waals surface area contributed by atoms with Gasteiger partial charge in [-0.05, 0) is 98.6 Å². The number of benzene rings is 10. The maximum atomic E-state index is 2.48. The van der Waals surface area contributed by atoms with Gasteiger partial charge < -0.3 is 9.47 Å². The molecule has 0 unspecified atom stereocenters. The standard InChI is InChI=1S/C60H42N2/c1-5-17-43(18-6-1)45-29-34-50(35-30-45)61(51-36-31-48(32-37-51)54-26-14-13-25-53(54)46-21-9-3-10-22-46)52-38-40-57-56-27-15-16-28-58(56)62(60(57)42-52)59-41-49(44-19-7-2-8-20-44)33-39-55(59)47-23-11-4-12-24-47/h1-42H. The van der Waals surface area contributed by atoms with E-state index < -0.39 is 0 Å². The molecule has 0 atom stereocenters. The van der Waals surface area contributed by atoms with Crippen molar-refractivity contribution in [2.24, 2.45) is 0 Å². The predicted molar refractivity (Wildman–Crippen MR) is 263 cm³/mol. The highest BCUT2D eigenvalue weighted by atomic mass is 15.1. The Balaban J connectivity index is 1.11. The van der Waals surface area contributed by atoms with Crippen LogP contribution in [0, 0.1) is 0 Å². The summed E-state index contributed by atoms with van der Waals surface area (Å²) in [5.41, 5.74) is 18.6. The fraction of sp³-hybridized carbons (Fsp3) is 0. The van der Waals surface area contributed by atoms with Crippen molar-refractivity contribution in [3.63, 3.8) is 0 Å². The molecule has 11 aromatic rings. The number of anilines is 3. The topological polar surface area (TPSA) is 8.17 Å². The van der Waals surface area contributed by atoms with Gasteiger partial charge in [0.1, 0.15) is 0 Å². The Hall–Kier alpha value is -8.20. The summed E-state index contributed by atoms with van der Waals surface area (Å²) < 4.78 is 2.48. The van der Waals surface area contributed by atoms with Crippen LogP contribution < -0.4 is 4.90 Å². The minimum Gasteiger partial charge on any atom is -0.310 e. The van der Waals surface area contributed by atoms with Gasteiger partial charge in [0, 0.05) is 33.4 Å². The van der Waals surface area contributed by atoms with Gasteiger partial charge >= 0.3 is 0 Å². The monoisotopic (exact) mass is 790 g/mol. The Labute approximate surface area is 362 Å². The zero-order valence-corrected chi connectivity index (χ0v) is 34.1. The van der Waals surface area contributed by atoms with Crippen LogP contribution in [0.25, 0.3) is 83.1 Å². The molecule has 0 radical (unpaired) electrons. The predicted octanol–water partition coefficient (Wildman–Crippen LogP) is 16.6. The first-order valence-electron chi connectivity index (χ1n) is 21.3. The van der Waals surface area contributed by atoms with E-state index in [9.17, 15) is 0 Å². The van der Waals surface area contributed by atoms with Crippen LogP contribution in [0.1, 0.15) is 0 Å². The molecular formula is C60H42N2. The van der Waals surface area contributed by atoms with Crippen molar-refractivity contribution in [2.45, 2.75) is 0 Å². The van der Waals surface area contributed by atoms with Crippen molar-refractivity contribution >= 4 is 38.9 Å². The van der Waals surface area contributed by atoms with Crippen LogP contribution in [0.4, 0.5) is 17.1 Å². The molecular weight excluding hydrogens is 749 g/mol. The lowest BCUT2D eigenvalue weighted by Gasteiger charge is -2.26. The largest absolute Gasteiger partial charge is 0.310 e. The molecule has 0 saturated heterocycles. The minimum atomic E-state index is 1.08. The SMILES string of the molecule is c1ccc(-c2ccc(N(c3ccc(-c4ccccc4-c4ccccc4)cc3)c3ccc4c5ccccc5n(-c5cc(-c6ccccc6)ccc5-c5ccccc5)c4c3)cc2)cc1. The van der Waals surface area contributed by atoms with Gasteiger partial charge in [0.05, 0.1) is 16.7 Å². The van der Waals surface area contributed by atoms with E-state index >= 15 is 0 Å². The van der Waals surface area contributed by atoms with E-state index in [2.05, 4.69) is 264 Å². The Kier molecular flexibility index (Phi) is 9.57. The number of para-hydroxylation sites is 1. The highest BCUT2D eigenvalue weighted by molar-refractivity contribution is 6.11. The Bertz CT molecular complexity index is 3300. The van der Waals surface area contributed by atoms with Crippen LogP contribution in [0.2, 0.25) is 0 Å². The van der Waals surface area contributed by atoms with Crippen molar-refractivity contribution in [2.75, 3.05) is 4.90 Å². The van der Waals surface area contributed by atoms with Crippen molar-refractivity contribution in [3.8, 4) is 61.3 Å². The molecule has 0 aliphatic rings. The Morgan fingerprint density at radius 3 is 1.24 bits per heavy atom. The number of fused-ring (bicyclic) bond motifs is 3. The van der Waals surface area contributed by atoms with Gasteiger partial charge in [-0.25, -0.2) is 0 Å². The molecule has 1 aromatic heterocycles. The summed E-state index contributed by atoms with van der Waals surface area (Å²) in [7, 11) is 0. The summed E-state index contributed by atoms with van der Waals surface area (Å²) in [5.74, 6) is 0. The lowest BCUT2D eigenvalue weighted by Crippen LogP contribution is -2.10. The highest BCUT2D eigenvalue weighted by Gasteiger charge is 2.20. The van der Waals surface area contributed by atoms with E-state index in [1.807, 2.05) is 0 Å². The minimum absolute atomic E-state index is 1.08. The molecule has 2 heteroatoms. The van der Waals surface area contributed by atoms with Crippen molar-refractivity contribution in [1.29, 1.82) is 0 Å². The zero-order valence-electron chi connectivity index (χ0n) is 34.1. The normalized spacial score (nSPS) is 11.2. The molecule has 2 nitrogen and oxygen atoms in total. The number of rotatable bonds is 9. The van der Waals surface area contributed by atoms with Crippen LogP contribution in [0.3, 0.4) is 0 Å². The first-order chi connectivity index (χ1) is 30.8. The van der Waals surface area contributed by atoms with Crippen molar-refractivity contribution in [1.82, 2.24) is 4.57 Å². The van der Waals surface area contributed by atoms with E-state index in [-0.39, 0.29) is 0 Å². The second-order valence-electron chi connectivity index (χ2n) is 15.7. The third kappa shape index (κ3) is 6.84. The number of nitrogens with zero attached hydrogens (tertiary/aromatic N) is 2. The number of aromatic nitrogens is 1. The van der Waals surface area contributed by atoms with Gasteiger partial charge in [-0.1, -0.05) is 206 Å². The molecule has 10 aromatic carbocycles. The highest BCUT2D eigenvalue weighted by Crippen LogP contribution is 2.43. The molecule has 0 bridgehead atoms. The van der Waals surface area contributed by atoms with E-state index in [0.717, 1.165) is 28.3 Å². The molecule has 0 saturated carbocycles. The van der Waals surface area contributed by atoms with Crippen molar-refractivity contribution in [3.05, 3.63) is 255 Å². The average Bonchev–Trinajstić information content (AvgIpc) is 3.69. The lowest BCUT2D eigenvalue weighted by molar-refractivity contribution is 1.18. The first kappa shape index (κ1) is 36.8. The first-order valence-corrected chi connectivity index (χ1v) is 21.3. The summed E-state index contributed by atoms with van der Waals surface area (Å²) >= 11 is 0. The molecule has 0 amide bonds. The fourth-order valence-corrected chi connectivity index (χ4v) is 9.02. The summed E-state index contributed by atoms with van der Waals surface area (Å²) in [6, 6.07) is 92.1. The van der Waals surface area contributed by atoms with Crippen LogP contribution in [-0.2, 0) is 0 Å². The third-order valence-electron chi connectivity index (χ3n) is 12.0. The van der Waals surface area contributed by atoms with Crippen molar-refractivity contribution < 1.29 is 0 Å². The maximum absolute atomic E-state index is 2.48. The van der Waals surface area contributed by atoms with E-state index in [1.165, 1.54) is 71.9 Å².